The van der Waals surface area contributed by atoms with Crippen LogP contribution in [0.1, 0.15) is 17.7 Å². The first-order valence-electron chi connectivity index (χ1n) is 7.34. The van der Waals surface area contributed by atoms with E-state index in [0.29, 0.717) is 5.56 Å². The van der Waals surface area contributed by atoms with E-state index in [0.717, 1.165) is 5.56 Å². The van der Waals surface area contributed by atoms with Crippen LogP contribution in [0, 0.1) is 6.92 Å². The Morgan fingerprint density at radius 3 is 2.32 bits per heavy atom. The molecule has 1 aromatic heterocycles. The van der Waals surface area contributed by atoms with Crippen molar-refractivity contribution in [1.82, 2.24) is 10.2 Å². The van der Waals surface area contributed by atoms with E-state index in [9.17, 15) is 17.2 Å². The lowest BCUT2D eigenvalue weighted by Gasteiger charge is -2.09. The van der Waals surface area contributed by atoms with Crippen molar-refractivity contribution < 1.29 is 17.2 Å². The number of benzene rings is 2. The predicted octanol–water partition coefficient (Wildman–Crippen LogP) is 3.64. The van der Waals surface area contributed by atoms with Crippen LogP contribution in [0.15, 0.2) is 53.4 Å². The molecule has 3 N–H and O–H groups in total. The summed E-state index contributed by atoms with van der Waals surface area (Å²) in [5, 5.41) is 11.5. The molecule has 0 aliphatic carbocycles. The van der Waals surface area contributed by atoms with E-state index in [-0.39, 0.29) is 27.4 Å². The second kappa shape index (κ2) is 6.38. The maximum absolute atomic E-state index is 13.4. The highest BCUT2D eigenvalue weighted by Gasteiger charge is 2.25. The maximum atomic E-state index is 13.4. The zero-order valence-electron chi connectivity index (χ0n) is 13.2. The molecule has 3 rings (SSSR count). The van der Waals surface area contributed by atoms with Crippen LogP contribution in [0.2, 0.25) is 0 Å². The number of sulfonamides is 1. The van der Waals surface area contributed by atoms with Crippen molar-refractivity contribution in [3.05, 3.63) is 59.8 Å². The number of hydrogen-bond acceptors (Lipinski definition) is 3. The number of aromatic nitrogens is 2. The van der Waals surface area contributed by atoms with Crippen LogP contribution in [-0.4, -0.2) is 18.6 Å². The van der Waals surface area contributed by atoms with Crippen molar-refractivity contribution in [1.29, 1.82) is 0 Å². The van der Waals surface area contributed by atoms with Crippen LogP contribution in [0.5, 0.6) is 0 Å². The Kier molecular flexibility index (Phi) is 4.40. The molecule has 1 heterocycles. The zero-order chi connectivity index (χ0) is 18.2. The van der Waals surface area contributed by atoms with Gasteiger partial charge in [0.1, 0.15) is 11.4 Å². The topological polar surface area (TPSA) is 88.8 Å². The minimum atomic E-state index is -4.04. The van der Waals surface area contributed by atoms with Crippen LogP contribution in [0.4, 0.5) is 8.78 Å². The summed E-state index contributed by atoms with van der Waals surface area (Å²) in [5.74, 6) is 0. The van der Waals surface area contributed by atoms with Crippen LogP contribution < -0.4 is 5.14 Å². The van der Waals surface area contributed by atoms with Crippen LogP contribution >= 0.6 is 0 Å². The largest absolute Gasteiger partial charge is 0.280 e. The number of alkyl halides is 2. The maximum Gasteiger partial charge on any atom is 0.280 e. The lowest BCUT2D eigenvalue weighted by molar-refractivity contribution is 0.146. The van der Waals surface area contributed by atoms with E-state index in [1.807, 2.05) is 6.92 Å². The summed E-state index contributed by atoms with van der Waals surface area (Å²) in [6.07, 6.45) is -2.79. The molecule has 0 radical (unpaired) electrons. The Hall–Kier alpha value is -2.58. The zero-order valence-corrected chi connectivity index (χ0v) is 14.0. The van der Waals surface area contributed by atoms with Crippen molar-refractivity contribution in [3.8, 4) is 22.4 Å². The summed E-state index contributed by atoms with van der Waals surface area (Å²) in [6.45, 7) is 1.88. The number of halogens is 2. The molecule has 0 atom stereocenters. The van der Waals surface area contributed by atoms with Gasteiger partial charge in [-0.15, -0.1) is 0 Å². The van der Waals surface area contributed by atoms with E-state index >= 15 is 0 Å². The summed E-state index contributed by atoms with van der Waals surface area (Å²) in [5.41, 5.74) is 1.55. The van der Waals surface area contributed by atoms with Crippen LogP contribution in [0.3, 0.4) is 0 Å². The third kappa shape index (κ3) is 3.31. The molecule has 0 spiro atoms. The highest BCUT2D eigenvalue weighted by molar-refractivity contribution is 7.89. The van der Waals surface area contributed by atoms with Crippen molar-refractivity contribution in [2.24, 2.45) is 5.14 Å². The van der Waals surface area contributed by atoms with Gasteiger partial charge in [-0.25, -0.2) is 22.3 Å². The first-order chi connectivity index (χ1) is 11.8. The molecule has 5 nitrogen and oxygen atoms in total. The third-order valence-electron chi connectivity index (χ3n) is 3.80. The van der Waals surface area contributed by atoms with E-state index in [2.05, 4.69) is 10.2 Å². The quantitative estimate of drug-likeness (QED) is 0.742. The Balaban J connectivity index is 2.31. The number of aryl methyl sites for hydroxylation is 1. The first kappa shape index (κ1) is 17.2. The monoisotopic (exact) mass is 363 g/mol. The molecule has 0 unspecified atom stereocenters. The average molecular weight is 363 g/mol. The normalized spacial score (nSPS) is 11.9. The van der Waals surface area contributed by atoms with E-state index in [1.54, 1.807) is 30.3 Å². The molecule has 130 valence electrons. The highest BCUT2D eigenvalue weighted by atomic mass is 32.2. The second-order valence-corrected chi connectivity index (χ2v) is 7.10. The van der Waals surface area contributed by atoms with Crippen molar-refractivity contribution in [2.75, 3.05) is 0 Å². The fourth-order valence-electron chi connectivity index (χ4n) is 2.63. The molecule has 8 heteroatoms. The van der Waals surface area contributed by atoms with Gasteiger partial charge in [0.25, 0.3) is 6.43 Å². The van der Waals surface area contributed by atoms with E-state index < -0.39 is 16.4 Å². The molecule has 25 heavy (non-hydrogen) atoms. The van der Waals surface area contributed by atoms with Crippen LogP contribution in [-0.2, 0) is 10.0 Å². The second-order valence-electron chi connectivity index (χ2n) is 5.57. The number of nitrogens with zero attached hydrogens (tertiary/aromatic N) is 1. The number of primary sulfonamides is 1. The molecule has 0 saturated heterocycles. The summed E-state index contributed by atoms with van der Waals surface area (Å²) < 4.78 is 50.6. The SMILES string of the molecule is Cc1ccc(-c2c(-c3ccccc3S(N)(=O)=O)n[nH]c2C(F)F)cc1. The Bertz CT molecular complexity index is 1010. The number of rotatable bonds is 4. The molecular weight excluding hydrogens is 348 g/mol. The van der Waals surface area contributed by atoms with Gasteiger partial charge in [0.05, 0.1) is 4.90 Å². The fraction of sp³-hybridized carbons (Fsp3) is 0.118. The molecule has 3 aromatic rings. The number of nitrogens with one attached hydrogen (secondary N) is 1. The Morgan fingerprint density at radius 1 is 1.08 bits per heavy atom. The summed E-state index contributed by atoms with van der Waals surface area (Å²) >= 11 is 0. The molecule has 0 saturated carbocycles. The van der Waals surface area contributed by atoms with Crippen LogP contribution in [0.25, 0.3) is 22.4 Å². The number of nitrogens with two attached hydrogens (primary N) is 1. The minimum Gasteiger partial charge on any atom is -0.275 e. The number of hydrogen-bond donors (Lipinski definition) is 2. The third-order valence-corrected chi connectivity index (χ3v) is 4.77. The van der Waals surface area contributed by atoms with Gasteiger partial charge < -0.3 is 0 Å². The van der Waals surface area contributed by atoms with Gasteiger partial charge in [0, 0.05) is 11.1 Å². The summed E-state index contributed by atoms with van der Waals surface area (Å²) in [6, 6.07) is 12.9. The lowest BCUT2D eigenvalue weighted by Crippen LogP contribution is -2.13. The molecule has 0 aliphatic rings. The summed E-state index contributed by atoms with van der Waals surface area (Å²) in [4.78, 5) is -0.171. The highest BCUT2D eigenvalue weighted by Crippen LogP contribution is 2.39. The van der Waals surface area contributed by atoms with E-state index in [4.69, 9.17) is 5.14 Å². The molecule has 0 fully saturated rings. The standard InChI is InChI=1S/C17H15F2N3O2S/c1-10-6-8-11(9-7-10)14-15(21-22-16(14)17(18)19)12-4-2-3-5-13(12)25(20,23)24/h2-9,17H,1H3,(H,21,22)(H2,20,23,24). The molecule has 0 amide bonds. The molecule has 0 bridgehead atoms. The van der Waals surface area contributed by atoms with Gasteiger partial charge in [-0.05, 0) is 18.6 Å². The van der Waals surface area contributed by atoms with E-state index in [1.165, 1.54) is 18.2 Å². The molecule has 2 aromatic carbocycles. The van der Waals surface area contributed by atoms with Gasteiger partial charge in [-0.3, -0.25) is 5.10 Å². The van der Waals surface area contributed by atoms with Crippen molar-refractivity contribution in [2.45, 2.75) is 18.2 Å². The van der Waals surface area contributed by atoms with Gasteiger partial charge in [-0.2, -0.15) is 5.10 Å². The Labute approximate surface area is 143 Å². The first-order valence-corrected chi connectivity index (χ1v) is 8.89. The lowest BCUT2D eigenvalue weighted by atomic mass is 9.98. The van der Waals surface area contributed by atoms with Gasteiger partial charge in [-0.1, -0.05) is 48.0 Å². The molecule has 0 aliphatic heterocycles. The Morgan fingerprint density at radius 2 is 1.72 bits per heavy atom. The number of H-pyrrole nitrogens is 1. The van der Waals surface area contributed by atoms with Gasteiger partial charge >= 0.3 is 0 Å². The number of aromatic amines is 1. The summed E-state index contributed by atoms with van der Waals surface area (Å²) in [7, 11) is -4.04. The average Bonchev–Trinajstić information content (AvgIpc) is 3.00. The predicted molar refractivity (Wildman–Crippen MR) is 90.5 cm³/mol. The fourth-order valence-corrected chi connectivity index (χ4v) is 3.37. The van der Waals surface area contributed by atoms with Crippen molar-refractivity contribution in [3.63, 3.8) is 0 Å². The van der Waals surface area contributed by atoms with Gasteiger partial charge in [0.2, 0.25) is 10.0 Å². The van der Waals surface area contributed by atoms with Gasteiger partial charge in [0.15, 0.2) is 0 Å². The smallest absolute Gasteiger partial charge is 0.275 e. The molecular formula is C17H15F2N3O2S. The van der Waals surface area contributed by atoms with Crippen molar-refractivity contribution >= 4 is 10.0 Å². The minimum absolute atomic E-state index is 0.115.